The van der Waals surface area contributed by atoms with E-state index in [2.05, 4.69) is 120 Å². The molecule has 36 heteroatoms. The summed E-state index contributed by atoms with van der Waals surface area (Å²) in [6.07, 6.45) is 18.6. The third-order valence-corrected chi connectivity index (χ3v) is 23.2. The topological polar surface area (TPSA) is 493 Å². The predicted octanol–water partition coefficient (Wildman–Crippen LogP) is 15.3. The molecule has 4 aromatic carbocycles. The first-order valence-corrected chi connectivity index (χ1v) is 43.4. The summed E-state index contributed by atoms with van der Waals surface area (Å²) in [6, 6.07) is 29.9. The number of nitrogen functional groups attached to an aromatic ring is 2. The van der Waals surface area contributed by atoms with E-state index < -0.39 is 70.6 Å². The summed E-state index contributed by atoms with van der Waals surface area (Å²) < 4.78 is 10.5. The summed E-state index contributed by atoms with van der Waals surface area (Å²) in [5.41, 5.74) is 22.1. The average molecular weight is 1790 g/mol. The molecular weight excluding hydrogens is 1670 g/mol. The van der Waals surface area contributed by atoms with Crippen molar-refractivity contribution < 1.29 is 57.4 Å². The molecule has 131 heavy (non-hydrogen) atoms. The number of carbonyl (C=O) groups is 10. The molecule has 16 rings (SSSR count). The summed E-state index contributed by atoms with van der Waals surface area (Å²) in [5.74, 6) is -2.41. The number of aryl methyl sites for hydroxylation is 4. The summed E-state index contributed by atoms with van der Waals surface area (Å²) >= 11 is 0. The van der Waals surface area contributed by atoms with Gasteiger partial charge in [0.05, 0.1) is 119 Å². The molecule has 0 unspecified atom stereocenters. The van der Waals surface area contributed by atoms with Crippen LogP contribution in [0.5, 0.6) is 0 Å². The Morgan fingerprint density at radius 2 is 0.573 bits per heavy atom. The van der Waals surface area contributed by atoms with Crippen LogP contribution in [0.2, 0.25) is 0 Å². The number of anilines is 8. The highest BCUT2D eigenvalue weighted by Crippen LogP contribution is 2.40. The maximum absolute atomic E-state index is 13.3. The number of nitrogens with one attached hydrogen (secondary N) is 10. The van der Waals surface area contributed by atoms with E-state index in [1.165, 1.54) is 24.8 Å². The number of ether oxygens (including phenoxy) is 2. The monoisotopic (exact) mass is 1780 g/mol. The van der Waals surface area contributed by atoms with Crippen molar-refractivity contribution in [2.45, 2.75) is 191 Å². The van der Waals surface area contributed by atoms with Gasteiger partial charge in [-0.05, 0) is 237 Å². The van der Waals surface area contributed by atoms with Crippen molar-refractivity contribution in [2.24, 2.45) is 23.7 Å². The Hall–Kier alpha value is -14.7. The number of rotatable bonds is 10. The molecule has 12 aromatic rings. The van der Waals surface area contributed by atoms with Gasteiger partial charge in [0.15, 0.2) is 0 Å². The molecule has 4 aliphatic heterocycles. The molecule has 0 spiro atoms. The van der Waals surface area contributed by atoms with Crippen LogP contribution < -0.4 is 43.4 Å². The molecule has 688 valence electrons. The van der Waals surface area contributed by atoms with Crippen molar-refractivity contribution in [3.8, 4) is 0 Å². The minimum atomic E-state index is -0.731. The highest BCUT2D eigenvalue weighted by molar-refractivity contribution is 6.41. The first kappa shape index (κ1) is 95.4. The Bertz CT molecular complexity index is 5850. The molecule has 8 atom stereocenters. The third-order valence-electron chi connectivity index (χ3n) is 23.2. The fourth-order valence-electron chi connectivity index (χ4n) is 16.5. The van der Waals surface area contributed by atoms with Gasteiger partial charge in [-0.25, -0.2) is 29.5 Å². The number of nitrogens with two attached hydrogens (primary N) is 2. The van der Waals surface area contributed by atoms with Gasteiger partial charge in [-0.15, -0.1) is 0 Å². The first-order valence-electron chi connectivity index (χ1n) is 43.4. The number of nitrogens with zero attached hydrogens (tertiary/aromatic N) is 12. The number of likely N-dealkylation sites (tertiary alicyclic amines) is 4. The van der Waals surface area contributed by atoms with E-state index in [9.17, 15) is 47.9 Å². The minimum absolute atomic E-state index is 0. The molecular formula is C95H116N24O12. The van der Waals surface area contributed by atoms with Crippen molar-refractivity contribution in [2.75, 3.05) is 69.5 Å². The standard InChI is InChI=1S/2C26H32N6O4.2C21H24N6O2.CH4/c2*1-15-6-9-21(17-7-8-18-12-28-31-20(18)11-17)32(14-15)24(34)23(33)29-19-10-16(2)22(27-13-19)30-25(35)36-26(3,4)5;2*1-12-3-6-18(14-4-5-15-9-24-26-17(15)8-14)27(11-12)21(29)20(28)25-16-7-13(2)19(22)23-10-16;/h2*7-8,10-13,15,21H,6,9,14H2,1-5H3,(H,28,31)(H,29,33)(H,27,30,35);2*4-5,7-10,12,18H,3,6,11H2,1-2H3,(H2,22,23)(H,24,26)(H,25,28);1H4/t2*15-,21+;2*12-,18+;/m1010./s1. The lowest BCUT2D eigenvalue weighted by atomic mass is 9.89. The predicted molar refractivity (Wildman–Crippen MR) is 501 cm³/mol. The van der Waals surface area contributed by atoms with Gasteiger partial charge in [0, 0.05) is 47.7 Å². The number of hydrogen-bond acceptors (Lipinski definition) is 22. The van der Waals surface area contributed by atoms with E-state index >= 15 is 0 Å². The molecule has 0 bridgehead atoms. The Morgan fingerprint density at radius 3 is 0.802 bits per heavy atom. The summed E-state index contributed by atoms with van der Waals surface area (Å²) in [5, 5.41) is 47.9. The molecule has 14 N–H and O–H groups in total. The van der Waals surface area contributed by atoms with E-state index in [-0.39, 0.29) is 43.4 Å². The lowest BCUT2D eigenvalue weighted by molar-refractivity contribution is -0.146. The highest BCUT2D eigenvalue weighted by Gasteiger charge is 2.40. The quantitative estimate of drug-likeness (QED) is 0.0566. The van der Waals surface area contributed by atoms with Crippen LogP contribution in [0, 0.1) is 51.4 Å². The SMILES string of the molecule is C.Cc1cc(NC(=O)C(=O)N2C[C@@H](C)CC[C@@H]2c2ccc3cn[nH]c3c2)cnc1N.Cc1cc(NC(=O)C(=O)N2C[C@@H](C)CC[C@@H]2c2ccc3cn[nH]c3c2)cnc1NC(=O)OC(C)(C)C.Cc1cc(NC(=O)C(=O)N2C[C@H](C)CC[C@H]2c2ccc3cn[nH]c3c2)cnc1N.Cc1cc(NC(=O)C(=O)N2C[C@H](C)CC[C@H]2c2ccc3cn[nH]c3c2)cnc1NC(=O)OC(C)(C)C. The zero-order chi connectivity index (χ0) is 93.2. The number of aromatic amines is 4. The van der Waals surface area contributed by atoms with E-state index in [4.69, 9.17) is 20.9 Å². The second-order valence-electron chi connectivity index (χ2n) is 36.2. The molecule has 0 radical (unpaired) electrons. The summed E-state index contributed by atoms with van der Waals surface area (Å²) in [4.78, 5) is 151. The molecule has 12 heterocycles. The van der Waals surface area contributed by atoms with Gasteiger partial charge in [0.25, 0.3) is 0 Å². The molecule has 4 aliphatic rings. The van der Waals surface area contributed by atoms with Gasteiger partial charge in [-0.3, -0.25) is 69.4 Å². The molecule has 4 fully saturated rings. The fourth-order valence-corrected chi connectivity index (χ4v) is 16.5. The van der Waals surface area contributed by atoms with Gasteiger partial charge in [-0.1, -0.05) is 83.7 Å². The van der Waals surface area contributed by atoms with Crippen LogP contribution in [-0.4, -0.2) is 177 Å². The normalized spacial score (nSPS) is 18.5. The number of hydrogen-bond donors (Lipinski definition) is 12. The fraction of sp³-hybridized carbons (Fsp3) is 0.389. The van der Waals surface area contributed by atoms with Crippen molar-refractivity contribution in [1.29, 1.82) is 0 Å². The van der Waals surface area contributed by atoms with Crippen molar-refractivity contribution in [3.05, 3.63) is 191 Å². The molecule has 0 aliphatic carbocycles. The van der Waals surface area contributed by atoms with Crippen molar-refractivity contribution >= 4 is 149 Å². The number of piperidine rings is 4. The van der Waals surface area contributed by atoms with Gasteiger partial charge in [-0.2, -0.15) is 20.4 Å². The number of carbonyl (C=O) groups excluding carboxylic acids is 10. The molecule has 4 saturated heterocycles. The Balaban J connectivity index is 0.000000158. The van der Waals surface area contributed by atoms with Crippen LogP contribution in [0.1, 0.15) is 197 Å². The van der Waals surface area contributed by atoms with Crippen LogP contribution in [0.15, 0.2) is 147 Å². The lowest BCUT2D eigenvalue weighted by Crippen LogP contribution is -2.46. The Labute approximate surface area is 758 Å². The number of H-pyrrole nitrogens is 4. The smallest absolute Gasteiger partial charge is 0.413 e. The molecule has 36 nitrogen and oxygen atoms in total. The van der Waals surface area contributed by atoms with Crippen LogP contribution >= 0.6 is 0 Å². The van der Waals surface area contributed by atoms with Crippen molar-refractivity contribution in [3.63, 3.8) is 0 Å². The lowest BCUT2D eigenvalue weighted by Gasteiger charge is -2.38. The second kappa shape index (κ2) is 41.1. The Kier molecular flexibility index (Phi) is 29.9. The van der Waals surface area contributed by atoms with Crippen LogP contribution in [0.4, 0.5) is 55.6 Å². The minimum Gasteiger partial charge on any atom is -0.444 e. The highest BCUT2D eigenvalue weighted by atomic mass is 16.6. The maximum atomic E-state index is 13.3. The van der Waals surface area contributed by atoms with Crippen molar-refractivity contribution in [1.82, 2.24) is 80.3 Å². The van der Waals surface area contributed by atoms with Gasteiger partial charge >= 0.3 is 59.4 Å². The number of pyridine rings is 4. The first-order chi connectivity index (χ1) is 61.8. The molecule has 8 aromatic heterocycles. The molecule has 10 amide bonds. The van der Waals surface area contributed by atoms with Gasteiger partial charge in [0.1, 0.15) is 34.5 Å². The maximum Gasteiger partial charge on any atom is 0.413 e. The largest absolute Gasteiger partial charge is 0.444 e. The van der Waals surface area contributed by atoms with Crippen LogP contribution in [0.3, 0.4) is 0 Å². The zero-order valence-corrected chi connectivity index (χ0v) is 75.4. The molecule has 0 saturated carbocycles. The van der Waals surface area contributed by atoms with E-state index in [1.54, 1.807) is 138 Å². The summed E-state index contributed by atoms with van der Waals surface area (Å²) in [7, 11) is 0. The third kappa shape index (κ3) is 24.2. The second-order valence-corrected chi connectivity index (χ2v) is 36.2. The van der Waals surface area contributed by atoms with E-state index in [1.807, 2.05) is 72.8 Å². The number of benzene rings is 4. The van der Waals surface area contributed by atoms with Gasteiger partial charge in [0.2, 0.25) is 0 Å². The summed E-state index contributed by atoms with van der Waals surface area (Å²) in [6.45, 7) is 28.1. The zero-order valence-electron chi connectivity index (χ0n) is 75.4. The van der Waals surface area contributed by atoms with Crippen LogP contribution in [-0.2, 0) is 47.8 Å². The number of aromatic nitrogens is 12. The van der Waals surface area contributed by atoms with Gasteiger partial charge < -0.3 is 61.8 Å². The van der Waals surface area contributed by atoms with Crippen LogP contribution in [0.25, 0.3) is 43.6 Å². The number of fused-ring (bicyclic) bond motifs is 4. The van der Waals surface area contributed by atoms with E-state index in [0.29, 0.717) is 95.2 Å². The van der Waals surface area contributed by atoms with E-state index in [0.717, 1.165) is 128 Å². The number of amides is 10. The Morgan fingerprint density at radius 1 is 0.336 bits per heavy atom. The average Bonchev–Trinajstić information content (AvgIpc) is 1.38.